The molecule has 0 aliphatic rings. The monoisotopic (exact) mass is 376 g/mol. The fourth-order valence-electron chi connectivity index (χ4n) is 3.16. The first-order valence-electron chi connectivity index (χ1n) is 8.69. The lowest BCUT2D eigenvalue weighted by molar-refractivity contribution is -0.131. The SMILES string of the molecule is CCn1nccc1CN(C)C(=O)Cn1nc(C)c2c(C(F)F)cc(C)nc21. The first-order chi connectivity index (χ1) is 12.8. The summed E-state index contributed by atoms with van der Waals surface area (Å²) in [4.78, 5) is 18.6. The van der Waals surface area contributed by atoms with Crippen LogP contribution in [0, 0.1) is 13.8 Å². The van der Waals surface area contributed by atoms with Gasteiger partial charge < -0.3 is 4.90 Å². The van der Waals surface area contributed by atoms with Crippen LogP contribution in [0.15, 0.2) is 18.3 Å². The zero-order valence-corrected chi connectivity index (χ0v) is 15.8. The highest BCUT2D eigenvalue weighted by atomic mass is 19.3. The number of alkyl halides is 2. The van der Waals surface area contributed by atoms with Gasteiger partial charge in [-0.25, -0.2) is 18.4 Å². The van der Waals surface area contributed by atoms with Gasteiger partial charge in [0.1, 0.15) is 6.54 Å². The van der Waals surface area contributed by atoms with E-state index in [1.165, 1.54) is 10.7 Å². The largest absolute Gasteiger partial charge is 0.338 e. The Bertz CT molecular complexity index is 978. The van der Waals surface area contributed by atoms with Crippen molar-refractivity contribution >= 4 is 16.9 Å². The number of nitrogens with zero attached hydrogens (tertiary/aromatic N) is 6. The maximum Gasteiger partial charge on any atom is 0.264 e. The number of carbonyl (C=O) groups excluding carboxylic acids is 1. The molecule has 0 aromatic carbocycles. The minimum Gasteiger partial charge on any atom is -0.338 e. The van der Waals surface area contributed by atoms with Gasteiger partial charge in [-0.2, -0.15) is 10.2 Å². The molecule has 3 rings (SSSR count). The maximum atomic E-state index is 13.4. The number of hydrogen-bond acceptors (Lipinski definition) is 4. The van der Waals surface area contributed by atoms with Crippen LogP contribution >= 0.6 is 0 Å². The van der Waals surface area contributed by atoms with Gasteiger partial charge in [0.2, 0.25) is 5.91 Å². The molecule has 0 N–H and O–H groups in total. The molecular formula is C18H22F2N6O. The summed E-state index contributed by atoms with van der Waals surface area (Å²) in [5.41, 5.74) is 2.03. The molecule has 144 valence electrons. The molecule has 0 saturated carbocycles. The first-order valence-corrected chi connectivity index (χ1v) is 8.69. The number of likely N-dealkylation sites (N-methyl/N-ethyl adjacent to an activating group) is 1. The van der Waals surface area contributed by atoms with Crippen LogP contribution in [0.3, 0.4) is 0 Å². The van der Waals surface area contributed by atoms with Crippen LogP contribution < -0.4 is 0 Å². The summed E-state index contributed by atoms with van der Waals surface area (Å²) in [6, 6.07) is 3.23. The van der Waals surface area contributed by atoms with E-state index in [1.807, 2.05) is 17.7 Å². The number of fused-ring (bicyclic) bond motifs is 1. The predicted molar refractivity (Wildman–Crippen MR) is 96.3 cm³/mol. The van der Waals surface area contributed by atoms with Crippen molar-refractivity contribution in [1.29, 1.82) is 0 Å². The number of aromatic nitrogens is 5. The highest BCUT2D eigenvalue weighted by molar-refractivity contribution is 5.84. The van der Waals surface area contributed by atoms with Gasteiger partial charge in [-0.1, -0.05) is 0 Å². The number of aryl methyl sites for hydroxylation is 3. The molecule has 1 amide bonds. The standard InChI is InChI=1S/C18H22F2N6O/c1-5-25-13(6-7-21-25)9-24(4)15(27)10-26-18-16(12(3)23-26)14(17(19)20)8-11(2)22-18/h6-8,17H,5,9-10H2,1-4H3. The lowest BCUT2D eigenvalue weighted by atomic mass is 10.1. The van der Waals surface area contributed by atoms with Gasteiger partial charge >= 0.3 is 0 Å². The van der Waals surface area contributed by atoms with Gasteiger partial charge in [-0.05, 0) is 32.9 Å². The number of rotatable bonds is 6. The average Bonchev–Trinajstić information content (AvgIpc) is 3.18. The Balaban J connectivity index is 1.87. The molecule has 0 fully saturated rings. The molecule has 0 radical (unpaired) electrons. The molecule has 3 heterocycles. The van der Waals surface area contributed by atoms with E-state index < -0.39 is 6.43 Å². The minimum atomic E-state index is -2.63. The summed E-state index contributed by atoms with van der Waals surface area (Å²) in [6.07, 6.45) is -0.932. The van der Waals surface area contributed by atoms with Crippen molar-refractivity contribution in [2.75, 3.05) is 7.05 Å². The fourth-order valence-corrected chi connectivity index (χ4v) is 3.16. The van der Waals surface area contributed by atoms with E-state index in [-0.39, 0.29) is 18.0 Å². The Morgan fingerprint density at radius 1 is 1.30 bits per heavy atom. The summed E-state index contributed by atoms with van der Waals surface area (Å²) >= 11 is 0. The molecule has 0 saturated heterocycles. The second-order valence-electron chi connectivity index (χ2n) is 6.48. The summed E-state index contributed by atoms with van der Waals surface area (Å²) in [5, 5.41) is 8.79. The number of carbonyl (C=O) groups is 1. The zero-order chi connectivity index (χ0) is 19.7. The van der Waals surface area contributed by atoms with Crippen molar-refractivity contribution in [2.24, 2.45) is 0 Å². The van der Waals surface area contributed by atoms with Gasteiger partial charge in [-0.15, -0.1) is 0 Å². The minimum absolute atomic E-state index is 0.0692. The van der Waals surface area contributed by atoms with Crippen LogP contribution in [0.2, 0.25) is 0 Å². The van der Waals surface area contributed by atoms with Crippen molar-refractivity contribution in [3.63, 3.8) is 0 Å². The molecule has 0 unspecified atom stereocenters. The van der Waals surface area contributed by atoms with Crippen molar-refractivity contribution < 1.29 is 13.6 Å². The van der Waals surface area contributed by atoms with Crippen LogP contribution in [0.25, 0.3) is 11.0 Å². The zero-order valence-electron chi connectivity index (χ0n) is 15.8. The number of amides is 1. The van der Waals surface area contributed by atoms with E-state index in [4.69, 9.17) is 0 Å². The molecular weight excluding hydrogens is 354 g/mol. The second-order valence-corrected chi connectivity index (χ2v) is 6.48. The molecule has 9 heteroatoms. The van der Waals surface area contributed by atoms with Crippen molar-refractivity contribution in [2.45, 2.75) is 46.8 Å². The highest BCUT2D eigenvalue weighted by Crippen LogP contribution is 2.29. The smallest absolute Gasteiger partial charge is 0.264 e. The highest BCUT2D eigenvalue weighted by Gasteiger charge is 2.21. The predicted octanol–water partition coefficient (Wildman–Crippen LogP) is 2.86. The van der Waals surface area contributed by atoms with Gasteiger partial charge in [-0.3, -0.25) is 9.48 Å². The molecule has 3 aromatic rings. The van der Waals surface area contributed by atoms with Crippen molar-refractivity contribution in [1.82, 2.24) is 29.4 Å². The first kappa shape index (κ1) is 18.9. The van der Waals surface area contributed by atoms with Gasteiger partial charge in [0.05, 0.1) is 23.3 Å². The molecule has 0 aliphatic carbocycles. The van der Waals surface area contributed by atoms with E-state index in [0.29, 0.717) is 35.5 Å². The van der Waals surface area contributed by atoms with Gasteiger partial charge in [0.15, 0.2) is 5.65 Å². The second kappa shape index (κ2) is 7.42. The van der Waals surface area contributed by atoms with E-state index in [1.54, 1.807) is 32.0 Å². The van der Waals surface area contributed by atoms with Crippen LogP contribution in [0.4, 0.5) is 8.78 Å². The quantitative estimate of drug-likeness (QED) is 0.663. The fraction of sp³-hybridized carbons (Fsp3) is 0.444. The van der Waals surface area contributed by atoms with Crippen LogP contribution in [-0.2, 0) is 24.4 Å². The van der Waals surface area contributed by atoms with Crippen molar-refractivity contribution in [3.05, 3.63) is 41.0 Å². The molecule has 7 nitrogen and oxygen atoms in total. The third kappa shape index (κ3) is 3.67. The summed E-state index contributed by atoms with van der Waals surface area (Å²) in [7, 11) is 1.69. The Labute approximate surface area is 155 Å². The lowest BCUT2D eigenvalue weighted by Gasteiger charge is -2.18. The van der Waals surface area contributed by atoms with Crippen molar-refractivity contribution in [3.8, 4) is 0 Å². The topological polar surface area (TPSA) is 68.8 Å². The van der Waals surface area contributed by atoms with Gasteiger partial charge in [0.25, 0.3) is 6.43 Å². The van der Waals surface area contributed by atoms with Crippen LogP contribution in [0.5, 0.6) is 0 Å². The Morgan fingerprint density at radius 2 is 2.04 bits per heavy atom. The Hall–Kier alpha value is -2.84. The lowest BCUT2D eigenvalue weighted by Crippen LogP contribution is -2.31. The summed E-state index contributed by atoms with van der Waals surface area (Å²) in [6.45, 7) is 6.33. The van der Waals surface area contributed by atoms with E-state index in [2.05, 4.69) is 15.2 Å². The van der Waals surface area contributed by atoms with E-state index >= 15 is 0 Å². The Morgan fingerprint density at radius 3 is 2.70 bits per heavy atom. The van der Waals surface area contributed by atoms with Gasteiger partial charge in [0, 0.05) is 31.0 Å². The average molecular weight is 376 g/mol. The summed E-state index contributed by atoms with van der Waals surface area (Å²) in [5.74, 6) is -0.190. The van der Waals surface area contributed by atoms with Crippen LogP contribution in [0.1, 0.15) is 36.0 Å². The van der Waals surface area contributed by atoms with E-state index in [0.717, 1.165) is 5.69 Å². The number of halogens is 2. The van der Waals surface area contributed by atoms with E-state index in [9.17, 15) is 13.6 Å². The molecule has 0 spiro atoms. The molecule has 0 atom stereocenters. The molecule has 0 bridgehead atoms. The Kier molecular flexibility index (Phi) is 5.20. The third-order valence-corrected chi connectivity index (χ3v) is 4.49. The summed E-state index contributed by atoms with van der Waals surface area (Å²) < 4.78 is 30.0. The number of hydrogen-bond donors (Lipinski definition) is 0. The molecule has 3 aromatic heterocycles. The third-order valence-electron chi connectivity index (χ3n) is 4.49. The maximum absolute atomic E-state index is 13.4. The van der Waals surface area contributed by atoms with Crippen LogP contribution in [-0.4, -0.2) is 42.4 Å². The molecule has 0 aliphatic heterocycles. The number of pyridine rings is 1. The molecule has 27 heavy (non-hydrogen) atoms. The normalized spacial score (nSPS) is 11.5.